The SMILES string of the molecule is O=S(=O)(Nc1ccc(Cl)cc1F)c1ccccc1O. The summed E-state index contributed by atoms with van der Waals surface area (Å²) in [7, 11) is -4.06. The number of phenols is 1. The van der Waals surface area contributed by atoms with Crippen LogP contribution in [-0.2, 0) is 10.0 Å². The Morgan fingerprint density at radius 2 is 1.84 bits per heavy atom. The Morgan fingerprint density at radius 1 is 1.16 bits per heavy atom. The van der Waals surface area contributed by atoms with Crippen LogP contribution in [0.1, 0.15) is 0 Å². The van der Waals surface area contributed by atoms with E-state index < -0.39 is 21.6 Å². The fourth-order valence-electron chi connectivity index (χ4n) is 1.46. The van der Waals surface area contributed by atoms with Gasteiger partial charge in [0.15, 0.2) is 0 Å². The van der Waals surface area contributed by atoms with E-state index in [1.807, 2.05) is 4.72 Å². The highest BCUT2D eigenvalue weighted by Gasteiger charge is 2.19. The first-order valence-corrected chi connectivity index (χ1v) is 7.02. The van der Waals surface area contributed by atoms with Crippen LogP contribution in [0.5, 0.6) is 5.75 Å². The molecule has 4 nitrogen and oxygen atoms in total. The molecule has 0 saturated heterocycles. The second-order valence-electron chi connectivity index (χ2n) is 3.70. The molecule has 100 valence electrons. The van der Waals surface area contributed by atoms with Gasteiger partial charge in [-0.2, -0.15) is 0 Å². The molecule has 7 heteroatoms. The summed E-state index contributed by atoms with van der Waals surface area (Å²) in [5.41, 5.74) is -0.243. The van der Waals surface area contributed by atoms with E-state index in [9.17, 15) is 17.9 Å². The number of benzene rings is 2. The summed E-state index contributed by atoms with van der Waals surface area (Å²) in [6.07, 6.45) is 0. The summed E-state index contributed by atoms with van der Waals surface area (Å²) in [4.78, 5) is -0.329. The molecule has 2 aromatic carbocycles. The Bertz CT molecular complexity index is 719. The van der Waals surface area contributed by atoms with Gasteiger partial charge < -0.3 is 5.11 Å². The zero-order valence-electron chi connectivity index (χ0n) is 9.47. The average molecular weight is 302 g/mol. The van der Waals surface area contributed by atoms with Crippen molar-refractivity contribution in [2.45, 2.75) is 4.90 Å². The highest BCUT2D eigenvalue weighted by atomic mass is 35.5. The number of aromatic hydroxyl groups is 1. The second-order valence-corrected chi connectivity index (χ2v) is 5.78. The minimum absolute atomic E-state index is 0.156. The van der Waals surface area contributed by atoms with E-state index in [2.05, 4.69) is 0 Å². The predicted molar refractivity (Wildman–Crippen MR) is 70.3 cm³/mol. The molecule has 0 spiro atoms. The van der Waals surface area contributed by atoms with E-state index in [-0.39, 0.29) is 15.6 Å². The number of para-hydroxylation sites is 1. The van der Waals surface area contributed by atoms with E-state index in [1.165, 1.54) is 36.4 Å². The molecular weight excluding hydrogens is 293 g/mol. The number of rotatable bonds is 3. The molecule has 0 aromatic heterocycles. The van der Waals surface area contributed by atoms with Gasteiger partial charge in [0.05, 0.1) is 5.69 Å². The van der Waals surface area contributed by atoms with Crippen molar-refractivity contribution in [2.24, 2.45) is 0 Å². The van der Waals surface area contributed by atoms with Crippen LogP contribution in [0.25, 0.3) is 0 Å². The van der Waals surface area contributed by atoms with Crippen LogP contribution in [0.15, 0.2) is 47.4 Å². The molecule has 0 saturated carbocycles. The number of hydrogen-bond donors (Lipinski definition) is 2. The molecule has 0 bridgehead atoms. The molecule has 0 heterocycles. The van der Waals surface area contributed by atoms with Crippen molar-refractivity contribution >= 4 is 27.3 Å². The van der Waals surface area contributed by atoms with Crippen LogP contribution in [0.4, 0.5) is 10.1 Å². The fraction of sp³-hybridized carbons (Fsp3) is 0. The first-order valence-electron chi connectivity index (χ1n) is 5.16. The lowest BCUT2D eigenvalue weighted by atomic mass is 10.3. The van der Waals surface area contributed by atoms with E-state index >= 15 is 0 Å². The maximum atomic E-state index is 13.5. The van der Waals surface area contributed by atoms with Crippen molar-refractivity contribution in [1.82, 2.24) is 0 Å². The average Bonchev–Trinajstić information content (AvgIpc) is 2.33. The zero-order valence-corrected chi connectivity index (χ0v) is 11.0. The molecule has 0 fully saturated rings. The number of sulfonamides is 1. The molecule has 0 aliphatic carbocycles. The van der Waals surface area contributed by atoms with E-state index in [4.69, 9.17) is 11.6 Å². The van der Waals surface area contributed by atoms with Gasteiger partial charge in [-0.25, -0.2) is 12.8 Å². The minimum Gasteiger partial charge on any atom is -0.507 e. The third-order valence-corrected chi connectivity index (χ3v) is 3.98. The number of phenolic OH excluding ortho intramolecular Hbond substituents is 1. The van der Waals surface area contributed by atoms with Crippen LogP contribution < -0.4 is 4.72 Å². The van der Waals surface area contributed by atoms with Crippen molar-refractivity contribution in [3.8, 4) is 5.75 Å². The van der Waals surface area contributed by atoms with E-state index in [1.54, 1.807) is 0 Å². The Morgan fingerprint density at radius 3 is 2.47 bits per heavy atom. The zero-order chi connectivity index (χ0) is 14.0. The quantitative estimate of drug-likeness (QED) is 0.916. The van der Waals surface area contributed by atoms with Gasteiger partial charge in [0.2, 0.25) is 0 Å². The Hall–Kier alpha value is -1.79. The summed E-state index contributed by atoms with van der Waals surface area (Å²) in [6.45, 7) is 0. The van der Waals surface area contributed by atoms with Crippen LogP contribution >= 0.6 is 11.6 Å². The van der Waals surface area contributed by atoms with Gasteiger partial charge in [-0.1, -0.05) is 23.7 Å². The van der Waals surface area contributed by atoms with Gasteiger partial charge in [-0.3, -0.25) is 4.72 Å². The molecule has 0 aliphatic rings. The molecule has 0 aliphatic heterocycles. The number of anilines is 1. The Labute approximate surface area is 114 Å². The third kappa shape index (κ3) is 2.97. The van der Waals surface area contributed by atoms with Gasteiger partial charge in [0, 0.05) is 5.02 Å². The maximum Gasteiger partial charge on any atom is 0.265 e. The normalized spacial score (nSPS) is 11.3. The third-order valence-electron chi connectivity index (χ3n) is 2.33. The topological polar surface area (TPSA) is 66.4 Å². The molecule has 0 atom stereocenters. The summed E-state index contributed by atoms with van der Waals surface area (Å²) in [5.74, 6) is -1.21. The van der Waals surface area contributed by atoms with Crippen molar-refractivity contribution in [3.63, 3.8) is 0 Å². The number of nitrogens with one attached hydrogen (secondary N) is 1. The van der Waals surface area contributed by atoms with Crippen LogP contribution in [0.2, 0.25) is 5.02 Å². The van der Waals surface area contributed by atoms with Crippen LogP contribution in [-0.4, -0.2) is 13.5 Å². The predicted octanol–water partition coefficient (Wildman–Crippen LogP) is 2.99. The smallest absolute Gasteiger partial charge is 0.265 e. The number of halogens is 2. The molecular formula is C12H9ClFNO3S. The molecule has 2 aromatic rings. The maximum absolute atomic E-state index is 13.5. The lowest BCUT2D eigenvalue weighted by Crippen LogP contribution is -2.14. The lowest BCUT2D eigenvalue weighted by molar-refractivity contribution is 0.459. The molecule has 0 unspecified atom stereocenters. The molecule has 0 radical (unpaired) electrons. The summed E-state index contributed by atoms with van der Waals surface area (Å²) < 4.78 is 39.6. The second kappa shape index (κ2) is 5.07. The van der Waals surface area contributed by atoms with Crippen LogP contribution in [0.3, 0.4) is 0 Å². The van der Waals surface area contributed by atoms with E-state index in [0.717, 1.165) is 6.07 Å². The van der Waals surface area contributed by atoms with Gasteiger partial charge in [-0.05, 0) is 30.3 Å². The first kappa shape index (κ1) is 13.6. The van der Waals surface area contributed by atoms with E-state index in [0.29, 0.717) is 0 Å². The summed E-state index contributed by atoms with van der Waals surface area (Å²) >= 11 is 5.57. The molecule has 0 amide bonds. The lowest BCUT2D eigenvalue weighted by Gasteiger charge is -2.10. The van der Waals surface area contributed by atoms with Crippen molar-refractivity contribution < 1.29 is 17.9 Å². The highest BCUT2D eigenvalue weighted by Crippen LogP contribution is 2.26. The number of hydrogen-bond acceptors (Lipinski definition) is 3. The van der Waals surface area contributed by atoms with Gasteiger partial charge in [0.25, 0.3) is 10.0 Å². The monoisotopic (exact) mass is 301 g/mol. The van der Waals surface area contributed by atoms with Gasteiger partial charge >= 0.3 is 0 Å². The molecule has 2 N–H and O–H groups in total. The Kier molecular flexibility index (Phi) is 3.64. The van der Waals surface area contributed by atoms with Crippen molar-refractivity contribution in [2.75, 3.05) is 4.72 Å². The Balaban J connectivity index is 2.40. The summed E-state index contributed by atoms with van der Waals surface area (Å²) in [5, 5.41) is 9.66. The highest BCUT2D eigenvalue weighted by molar-refractivity contribution is 7.92. The largest absolute Gasteiger partial charge is 0.507 e. The van der Waals surface area contributed by atoms with Crippen molar-refractivity contribution in [3.05, 3.63) is 53.3 Å². The first-order chi connectivity index (χ1) is 8.90. The van der Waals surface area contributed by atoms with Crippen molar-refractivity contribution in [1.29, 1.82) is 0 Å². The fourth-order valence-corrected chi connectivity index (χ4v) is 2.78. The molecule has 2 rings (SSSR count). The minimum atomic E-state index is -4.06. The molecule has 19 heavy (non-hydrogen) atoms. The summed E-state index contributed by atoms with van der Waals surface area (Å²) in [6, 6.07) is 8.93. The van der Waals surface area contributed by atoms with Gasteiger partial charge in [0.1, 0.15) is 16.5 Å². The standard InChI is InChI=1S/C12H9ClFNO3S/c13-8-5-6-10(9(14)7-8)15-19(17,18)12-4-2-1-3-11(12)16/h1-7,15-16H. The van der Waals surface area contributed by atoms with Gasteiger partial charge in [-0.15, -0.1) is 0 Å². The van der Waals surface area contributed by atoms with Crippen LogP contribution in [0, 0.1) is 5.82 Å².